The lowest BCUT2D eigenvalue weighted by atomic mass is 9.74. The van der Waals surface area contributed by atoms with Gasteiger partial charge in [0.15, 0.2) is 0 Å². The summed E-state index contributed by atoms with van der Waals surface area (Å²) in [6, 6.07) is 12.0. The molecule has 4 aliphatic rings. The van der Waals surface area contributed by atoms with Gasteiger partial charge in [-0.2, -0.15) is 0 Å². The molecule has 3 amide bonds. The number of allylic oxidation sites excluding steroid dienone is 1. The lowest BCUT2D eigenvalue weighted by Gasteiger charge is -2.40. The second-order valence-corrected chi connectivity index (χ2v) is 15.3. The largest absolute Gasteiger partial charge is 0.455 e. The third-order valence-corrected chi connectivity index (χ3v) is 11.7. The average Bonchev–Trinajstić information content (AvgIpc) is 3.68. The summed E-state index contributed by atoms with van der Waals surface area (Å²) in [4.78, 5) is 62.6. The molecule has 6 rings (SSSR count). The molecular weight excluding hydrogens is 726 g/mol. The van der Waals surface area contributed by atoms with Crippen LogP contribution in [0.5, 0.6) is 0 Å². The maximum absolute atomic E-state index is 15.2. The number of nitrogens with zero attached hydrogens (tertiary/aromatic N) is 3. The van der Waals surface area contributed by atoms with Crippen molar-refractivity contribution in [3.63, 3.8) is 0 Å². The van der Waals surface area contributed by atoms with Gasteiger partial charge in [-0.15, -0.1) is 0 Å². The van der Waals surface area contributed by atoms with Crippen molar-refractivity contribution in [2.24, 2.45) is 17.8 Å². The second-order valence-electron chi connectivity index (χ2n) is 13.9. The number of fused-ring (bicyclic) bond motifs is 2. The highest BCUT2D eigenvalue weighted by atomic mass is 79.9. The Kier molecular flexibility index (Phi) is 10.3. The number of hydrogen-bond donors (Lipinski definition) is 1. The number of ether oxygens (including phenoxy) is 2. The van der Waals surface area contributed by atoms with Crippen molar-refractivity contribution in [1.29, 1.82) is 0 Å². The number of esters is 1. The first-order valence-electron chi connectivity index (χ1n) is 17.1. The normalized spacial score (nSPS) is 31.6. The van der Waals surface area contributed by atoms with Crippen LogP contribution >= 0.6 is 27.5 Å². The lowest BCUT2D eigenvalue weighted by Crippen LogP contribution is -2.59. The van der Waals surface area contributed by atoms with Crippen LogP contribution in [0.2, 0.25) is 5.02 Å². The maximum atomic E-state index is 15.2. The van der Waals surface area contributed by atoms with E-state index < -0.39 is 72.2 Å². The molecule has 50 heavy (non-hydrogen) atoms. The Labute approximate surface area is 306 Å². The van der Waals surface area contributed by atoms with E-state index in [1.165, 1.54) is 9.80 Å². The van der Waals surface area contributed by atoms with Gasteiger partial charge >= 0.3 is 5.97 Å². The third-order valence-electron chi connectivity index (χ3n) is 10.7. The van der Waals surface area contributed by atoms with Crippen molar-refractivity contribution in [2.75, 3.05) is 25.1 Å². The van der Waals surface area contributed by atoms with Gasteiger partial charge in [-0.25, -0.2) is 0 Å². The molecule has 2 aromatic rings. The molecule has 2 fully saturated rings. The van der Waals surface area contributed by atoms with Gasteiger partial charge in [-0.1, -0.05) is 96.0 Å². The number of halogens is 2. The van der Waals surface area contributed by atoms with Gasteiger partial charge in [0.05, 0.1) is 35.3 Å². The summed E-state index contributed by atoms with van der Waals surface area (Å²) in [7, 11) is 1.69. The zero-order chi connectivity index (χ0) is 36.1. The van der Waals surface area contributed by atoms with Gasteiger partial charge in [-0.3, -0.25) is 19.2 Å². The van der Waals surface area contributed by atoms with E-state index in [1.807, 2.05) is 76.2 Å². The first kappa shape index (κ1) is 36.3. The summed E-state index contributed by atoms with van der Waals surface area (Å²) in [6.07, 6.45) is 4.27. The number of aliphatic hydroxyl groups is 1. The number of para-hydroxylation sites is 1. The van der Waals surface area contributed by atoms with Crippen molar-refractivity contribution < 1.29 is 33.8 Å². The maximum Gasteiger partial charge on any atom is 0.313 e. The van der Waals surface area contributed by atoms with E-state index in [9.17, 15) is 19.5 Å². The number of carbonyl (C=O) groups is 4. The quantitative estimate of drug-likeness (QED) is 0.322. The molecule has 0 radical (unpaired) electrons. The highest BCUT2D eigenvalue weighted by molar-refractivity contribution is 9.11. The van der Waals surface area contributed by atoms with E-state index in [0.717, 1.165) is 5.56 Å². The Morgan fingerprint density at radius 3 is 2.40 bits per heavy atom. The zero-order valence-corrected chi connectivity index (χ0v) is 31.1. The number of anilines is 1. The second kappa shape index (κ2) is 14.3. The van der Waals surface area contributed by atoms with Crippen LogP contribution in [-0.4, -0.2) is 88.6 Å². The molecule has 2 saturated heterocycles. The minimum absolute atomic E-state index is 0.0877. The summed E-state index contributed by atoms with van der Waals surface area (Å²) in [6.45, 7) is 7.11. The molecule has 1 N–H and O–H groups in total. The molecule has 0 saturated carbocycles. The summed E-state index contributed by atoms with van der Waals surface area (Å²) in [5.41, 5.74) is 0.360. The molecule has 1 spiro atoms. The Morgan fingerprint density at radius 2 is 1.74 bits per heavy atom. The molecule has 8 atom stereocenters. The van der Waals surface area contributed by atoms with E-state index in [4.69, 9.17) is 21.1 Å². The van der Waals surface area contributed by atoms with Gasteiger partial charge in [0.25, 0.3) is 5.91 Å². The summed E-state index contributed by atoms with van der Waals surface area (Å²) < 4.78 is 13.5. The van der Waals surface area contributed by atoms with E-state index in [2.05, 4.69) is 15.9 Å². The Bertz CT molecular complexity index is 1710. The number of aryl methyl sites for hydroxylation is 1. The molecule has 12 heteroatoms. The van der Waals surface area contributed by atoms with Crippen LogP contribution in [0.4, 0.5) is 5.69 Å². The Balaban J connectivity index is 1.54. The molecule has 4 heterocycles. The number of rotatable bonds is 5. The topological polar surface area (TPSA) is 117 Å². The van der Waals surface area contributed by atoms with Gasteiger partial charge in [-0.05, 0) is 49.5 Å². The first-order valence-corrected chi connectivity index (χ1v) is 18.2. The fourth-order valence-electron chi connectivity index (χ4n) is 7.99. The van der Waals surface area contributed by atoms with Gasteiger partial charge in [0.1, 0.15) is 29.8 Å². The van der Waals surface area contributed by atoms with Crippen molar-refractivity contribution in [3.05, 3.63) is 87.4 Å². The van der Waals surface area contributed by atoms with E-state index >= 15 is 4.79 Å². The highest BCUT2D eigenvalue weighted by Crippen LogP contribution is 2.60. The number of benzene rings is 2. The summed E-state index contributed by atoms with van der Waals surface area (Å²) in [5, 5.41) is 11.0. The van der Waals surface area contributed by atoms with E-state index in [-0.39, 0.29) is 24.8 Å². The molecule has 0 aliphatic carbocycles. The molecular formula is C38H43BrClN3O7. The SMILES string of the molecule is Cc1cccc(Cl)c1N1C/C=C\CCC(=O)N(C)[C@H](C)[C@@H](c2ccccc2)OC(=O)[C@@H]2[C@H]3O[C@@]4(C=C3Br)[C@H](C1=O)N([C@@H](CO)C(C)C)C(=O)[C@@H]24. The monoisotopic (exact) mass is 767 g/mol. The third kappa shape index (κ3) is 5.99. The molecule has 0 unspecified atom stereocenters. The minimum Gasteiger partial charge on any atom is -0.455 e. The van der Waals surface area contributed by atoms with Crippen molar-refractivity contribution in [1.82, 2.24) is 9.80 Å². The number of hydrogen-bond acceptors (Lipinski definition) is 7. The van der Waals surface area contributed by atoms with Crippen molar-refractivity contribution in [2.45, 2.75) is 76.5 Å². The number of cyclic esters (lactones) is 1. The van der Waals surface area contributed by atoms with Crippen LogP contribution in [0.25, 0.3) is 0 Å². The van der Waals surface area contributed by atoms with Crippen LogP contribution in [-0.2, 0) is 28.7 Å². The average molecular weight is 769 g/mol. The molecule has 5 bridgehead atoms. The molecule has 10 nitrogen and oxygen atoms in total. The minimum atomic E-state index is -1.55. The van der Waals surface area contributed by atoms with Crippen LogP contribution < -0.4 is 4.90 Å². The highest BCUT2D eigenvalue weighted by Gasteiger charge is 2.75. The molecule has 4 aliphatic heterocycles. The lowest BCUT2D eigenvalue weighted by molar-refractivity contribution is -0.164. The van der Waals surface area contributed by atoms with Crippen LogP contribution in [0.1, 0.15) is 50.8 Å². The Hall–Kier alpha value is -3.51. The van der Waals surface area contributed by atoms with Crippen LogP contribution in [0, 0.1) is 24.7 Å². The predicted octanol–water partition coefficient (Wildman–Crippen LogP) is 5.35. The summed E-state index contributed by atoms with van der Waals surface area (Å²) in [5.74, 6) is -4.23. The zero-order valence-electron chi connectivity index (χ0n) is 28.8. The number of carbonyl (C=O) groups excluding carboxylic acids is 4. The van der Waals surface area contributed by atoms with E-state index in [0.29, 0.717) is 27.2 Å². The van der Waals surface area contributed by atoms with Crippen molar-refractivity contribution >= 4 is 56.9 Å². The fraction of sp³-hybridized carbons (Fsp3) is 0.474. The number of amides is 3. The van der Waals surface area contributed by atoms with E-state index in [1.54, 1.807) is 30.2 Å². The van der Waals surface area contributed by atoms with Crippen LogP contribution in [0.3, 0.4) is 0 Å². The molecule has 2 aromatic carbocycles. The standard InChI is InChI=1S/C38H43BrClN3O7/c1-21(2)27(20-44)43-34-36(47)42(31-22(3)13-12-16-26(31)40)18-11-7-10-17-28(45)41(5)23(4)32(24-14-8-6-9-15-24)49-37(48)29-30(35(43)46)38(34)19-25(39)33(29)50-38/h6-9,11-16,19,21,23,27,29-30,32-34,44H,10,17-18,20H2,1-5H3/b11-7-/t23-,27+,29+,30-,32+,33+,34+,38-/m1/s1. The molecule has 0 aromatic heterocycles. The van der Waals surface area contributed by atoms with Gasteiger partial charge < -0.3 is 29.3 Å². The van der Waals surface area contributed by atoms with Gasteiger partial charge in [0, 0.05) is 24.5 Å². The number of likely N-dealkylation sites (N-methyl/N-ethyl adjacent to an activating group) is 1. The number of likely N-dealkylation sites (tertiary alicyclic amines) is 1. The summed E-state index contributed by atoms with van der Waals surface area (Å²) >= 11 is 10.4. The smallest absolute Gasteiger partial charge is 0.313 e. The fourth-order valence-corrected chi connectivity index (χ4v) is 9.05. The Morgan fingerprint density at radius 1 is 1.02 bits per heavy atom. The predicted molar refractivity (Wildman–Crippen MR) is 192 cm³/mol. The number of aliphatic hydroxyl groups excluding tert-OH is 1. The van der Waals surface area contributed by atoms with Crippen molar-refractivity contribution in [3.8, 4) is 0 Å². The van der Waals surface area contributed by atoms with Crippen LogP contribution in [0.15, 0.2) is 71.2 Å². The van der Waals surface area contributed by atoms with Gasteiger partial charge in [0.2, 0.25) is 11.8 Å². The first-order chi connectivity index (χ1) is 23.8. The molecule has 266 valence electrons.